The lowest BCUT2D eigenvalue weighted by Gasteiger charge is -2.15. The molecule has 0 aliphatic carbocycles. The zero-order valence-electron chi connectivity index (χ0n) is 16.6. The number of halogens is 1. The molecule has 2 rings (SSSR count). The first-order chi connectivity index (χ1) is 14.2. The molecule has 0 saturated carbocycles. The Hall–Kier alpha value is -3.27. The van der Waals surface area contributed by atoms with Gasteiger partial charge < -0.3 is 30.0 Å². The van der Waals surface area contributed by atoms with Crippen molar-refractivity contribution in [1.82, 2.24) is 0 Å². The molecule has 0 aliphatic rings. The molecule has 0 bridgehead atoms. The summed E-state index contributed by atoms with van der Waals surface area (Å²) in [4.78, 5) is 35.5. The molecule has 0 saturated heterocycles. The van der Waals surface area contributed by atoms with Crippen LogP contribution in [0.3, 0.4) is 0 Å². The van der Waals surface area contributed by atoms with E-state index in [1.807, 2.05) is 19.1 Å². The quantitative estimate of drug-likeness (QED) is 0.527. The van der Waals surface area contributed by atoms with Crippen LogP contribution in [-0.4, -0.2) is 45.2 Å². The summed E-state index contributed by atoms with van der Waals surface area (Å²) in [7, 11) is 2.71. The van der Waals surface area contributed by atoms with Crippen LogP contribution in [-0.2, 0) is 14.3 Å². The molecule has 2 aromatic carbocycles. The van der Waals surface area contributed by atoms with Gasteiger partial charge in [-0.3, -0.25) is 9.59 Å². The van der Waals surface area contributed by atoms with Gasteiger partial charge in [-0.15, -0.1) is 0 Å². The molecular formula is C20H21BrN2O7. The molecule has 160 valence electrons. The summed E-state index contributed by atoms with van der Waals surface area (Å²) in [6, 6.07) is 8.11. The van der Waals surface area contributed by atoms with Crippen molar-refractivity contribution in [3.63, 3.8) is 0 Å². The Morgan fingerprint density at radius 2 is 1.67 bits per heavy atom. The minimum Gasteiger partial charge on any atom is -0.493 e. The number of rotatable bonds is 9. The van der Waals surface area contributed by atoms with Gasteiger partial charge in [0.05, 0.1) is 25.5 Å². The average Bonchev–Trinajstić information content (AvgIpc) is 2.71. The molecule has 0 atom stereocenters. The molecule has 0 heterocycles. The Morgan fingerprint density at radius 1 is 1.03 bits per heavy atom. The summed E-state index contributed by atoms with van der Waals surface area (Å²) >= 11 is 3.36. The number of nitrogens with one attached hydrogen (secondary N) is 1. The van der Waals surface area contributed by atoms with Gasteiger partial charge in [-0.2, -0.15) is 0 Å². The second-order valence-corrected chi connectivity index (χ2v) is 6.93. The zero-order valence-corrected chi connectivity index (χ0v) is 18.2. The Kier molecular flexibility index (Phi) is 8.05. The predicted molar refractivity (Wildman–Crippen MR) is 112 cm³/mol. The maximum Gasteiger partial charge on any atom is 0.338 e. The van der Waals surface area contributed by atoms with Crippen LogP contribution >= 0.6 is 15.9 Å². The minimum absolute atomic E-state index is 0.0689. The van der Waals surface area contributed by atoms with E-state index in [9.17, 15) is 14.4 Å². The van der Waals surface area contributed by atoms with E-state index < -0.39 is 31.0 Å². The van der Waals surface area contributed by atoms with Crippen LogP contribution in [0, 0.1) is 6.92 Å². The van der Waals surface area contributed by atoms with E-state index in [2.05, 4.69) is 21.2 Å². The molecule has 30 heavy (non-hydrogen) atoms. The van der Waals surface area contributed by atoms with E-state index in [0.717, 1.165) is 5.56 Å². The van der Waals surface area contributed by atoms with Gasteiger partial charge in [-0.25, -0.2) is 4.79 Å². The first-order valence-corrected chi connectivity index (χ1v) is 9.44. The number of anilines is 1. The molecule has 2 aromatic rings. The number of hydrogen-bond donors (Lipinski definition) is 2. The lowest BCUT2D eigenvalue weighted by Crippen LogP contribution is -2.21. The van der Waals surface area contributed by atoms with Gasteiger partial charge in [0, 0.05) is 4.47 Å². The predicted octanol–water partition coefficient (Wildman–Crippen LogP) is 2.43. The van der Waals surface area contributed by atoms with E-state index in [0.29, 0.717) is 10.2 Å². The van der Waals surface area contributed by atoms with Crippen molar-refractivity contribution in [1.29, 1.82) is 0 Å². The molecule has 0 spiro atoms. The first-order valence-electron chi connectivity index (χ1n) is 8.65. The van der Waals surface area contributed by atoms with Crippen molar-refractivity contribution in [2.24, 2.45) is 5.73 Å². The van der Waals surface area contributed by atoms with Crippen LogP contribution in [0.15, 0.2) is 34.8 Å². The Balaban J connectivity index is 2.08. The van der Waals surface area contributed by atoms with E-state index >= 15 is 0 Å². The van der Waals surface area contributed by atoms with Gasteiger partial charge in [-0.05, 0) is 52.7 Å². The summed E-state index contributed by atoms with van der Waals surface area (Å²) in [6.07, 6.45) is 0. The van der Waals surface area contributed by atoms with E-state index in [1.165, 1.54) is 26.4 Å². The van der Waals surface area contributed by atoms with Gasteiger partial charge in [-0.1, -0.05) is 6.07 Å². The number of hydrogen-bond acceptors (Lipinski definition) is 7. The summed E-state index contributed by atoms with van der Waals surface area (Å²) in [6.45, 7) is 1.03. The number of aryl methyl sites for hydroxylation is 1. The topological polar surface area (TPSA) is 126 Å². The molecule has 0 unspecified atom stereocenters. The number of amides is 2. The molecule has 10 heteroatoms. The normalized spacial score (nSPS) is 10.1. The van der Waals surface area contributed by atoms with Gasteiger partial charge >= 0.3 is 5.97 Å². The average molecular weight is 481 g/mol. The van der Waals surface area contributed by atoms with Gasteiger partial charge in [0.1, 0.15) is 0 Å². The second kappa shape index (κ2) is 10.5. The van der Waals surface area contributed by atoms with Crippen molar-refractivity contribution in [2.75, 3.05) is 32.8 Å². The molecule has 0 fully saturated rings. The minimum atomic E-state index is -0.772. The van der Waals surface area contributed by atoms with Crippen LogP contribution < -0.4 is 25.3 Å². The van der Waals surface area contributed by atoms with Crippen molar-refractivity contribution in [3.05, 3.63) is 45.9 Å². The highest BCUT2D eigenvalue weighted by molar-refractivity contribution is 9.10. The van der Waals surface area contributed by atoms with Crippen molar-refractivity contribution in [3.8, 4) is 17.2 Å². The second-order valence-electron chi connectivity index (χ2n) is 6.07. The van der Waals surface area contributed by atoms with E-state index in [4.69, 9.17) is 24.7 Å². The van der Waals surface area contributed by atoms with Crippen LogP contribution in [0.25, 0.3) is 0 Å². The van der Waals surface area contributed by atoms with Crippen molar-refractivity contribution < 1.29 is 33.3 Å². The maximum atomic E-state index is 12.4. The SMILES string of the molecule is COc1cc(C(=O)OCC(=O)Nc2ccc(C)cc2Br)cc(OC)c1OCC(N)=O. The number of esters is 1. The third kappa shape index (κ3) is 6.11. The molecule has 0 aromatic heterocycles. The fourth-order valence-electron chi connectivity index (χ4n) is 2.41. The first kappa shape index (κ1) is 23.0. The highest BCUT2D eigenvalue weighted by Crippen LogP contribution is 2.38. The van der Waals surface area contributed by atoms with Crippen LogP contribution in [0.1, 0.15) is 15.9 Å². The van der Waals surface area contributed by atoms with Gasteiger partial charge in [0.25, 0.3) is 11.8 Å². The number of methoxy groups -OCH3 is 2. The third-order valence-electron chi connectivity index (χ3n) is 3.79. The molecular weight excluding hydrogens is 460 g/mol. The lowest BCUT2D eigenvalue weighted by molar-refractivity contribution is -0.120. The van der Waals surface area contributed by atoms with Crippen molar-refractivity contribution >= 4 is 39.4 Å². The fourth-order valence-corrected chi connectivity index (χ4v) is 3.00. The summed E-state index contributed by atoms with van der Waals surface area (Å²) in [5.41, 5.74) is 6.73. The molecule has 0 radical (unpaired) electrons. The Bertz CT molecular complexity index is 937. The monoisotopic (exact) mass is 480 g/mol. The fraction of sp³-hybridized carbons (Fsp3) is 0.250. The van der Waals surface area contributed by atoms with E-state index in [1.54, 1.807) is 6.07 Å². The lowest BCUT2D eigenvalue weighted by atomic mass is 10.2. The van der Waals surface area contributed by atoms with Crippen LogP contribution in [0.5, 0.6) is 17.2 Å². The van der Waals surface area contributed by atoms with Gasteiger partial charge in [0.15, 0.2) is 24.7 Å². The standard InChI is InChI=1S/C20H21BrN2O7/c1-11-4-5-14(13(21)6-11)23-18(25)10-30-20(26)12-7-15(27-2)19(16(8-12)28-3)29-9-17(22)24/h4-8H,9-10H2,1-3H3,(H2,22,24)(H,23,25). The zero-order chi connectivity index (χ0) is 22.3. The number of nitrogens with two attached hydrogens (primary N) is 1. The largest absolute Gasteiger partial charge is 0.493 e. The number of ether oxygens (including phenoxy) is 4. The van der Waals surface area contributed by atoms with E-state index in [-0.39, 0.29) is 22.8 Å². The number of primary amides is 1. The third-order valence-corrected chi connectivity index (χ3v) is 4.44. The Morgan fingerprint density at radius 3 is 2.20 bits per heavy atom. The molecule has 9 nitrogen and oxygen atoms in total. The summed E-state index contributed by atoms with van der Waals surface area (Å²) in [5.74, 6) is -1.59. The molecule has 3 N–H and O–H groups in total. The smallest absolute Gasteiger partial charge is 0.338 e. The number of carbonyl (C=O) groups excluding carboxylic acids is 3. The van der Waals surface area contributed by atoms with Crippen molar-refractivity contribution in [2.45, 2.75) is 6.92 Å². The van der Waals surface area contributed by atoms with Crippen LogP contribution in [0.4, 0.5) is 5.69 Å². The Labute approximate surface area is 181 Å². The molecule has 0 aliphatic heterocycles. The number of benzene rings is 2. The summed E-state index contributed by atoms with van der Waals surface area (Å²) in [5, 5.41) is 2.65. The van der Waals surface area contributed by atoms with Crippen LogP contribution in [0.2, 0.25) is 0 Å². The van der Waals surface area contributed by atoms with Gasteiger partial charge in [0.2, 0.25) is 5.75 Å². The maximum absolute atomic E-state index is 12.4. The highest BCUT2D eigenvalue weighted by atomic mass is 79.9. The summed E-state index contributed by atoms with van der Waals surface area (Å²) < 4.78 is 21.4. The number of carbonyl (C=O) groups is 3. The molecule has 2 amide bonds. The highest BCUT2D eigenvalue weighted by Gasteiger charge is 2.20.